The third-order valence-corrected chi connectivity index (χ3v) is 6.99. The Morgan fingerprint density at radius 3 is 2.44 bits per heavy atom. The Balaban J connectivity index is 1.81. The first-order chi connectivity index (χ1) is 12.6. The van der Waals surface area contributed by atoms with E-state index in [2.05, 4.69) is 21.2 Å². The summed E-state index contributed by atoms with van der Waals surface area (Å²) in [6, 6.07) is 4.52. The Bertz CT molecular complexity index is 844. The van der Waals surface area contributed by atoms with Crippen LogP contribution in [0.5, 0.6) is 0 Å². The summed E-state index contributed by atoms with van der Waals surface area (Å²) in [6.45, 7) is 3.45. The highest BCUT2D eigenvalue weighted by Gasteiger charge is 2.64. The maximum Gasteiger partial charge on any atom is 0.327 e. The first-order valence-electron chi connectivity index (χ1n) is 8.06. The highest BCUT2D eigenvalue weighted by molar-refractivity contribution is 9.10. The van der Waals surface area contributed by atoms with E-state index >= 15 is 0 Å². The van der Waals surface area contributed by atoms with Gasteiger partial charge >= 0.3 is 11.9 Å². The molecule has 0 aromatic heterocycles. The van der Waals surface area contributed by atoms with Gasteiger partial charge in [0.15, 0.2) is 5.92 Å². The minimum atomic E-state index is -1.49. The zero-order chi connectivity index (χ0) is 20.1. The molecule has 2 aliphatic heterocycles. The van der Waals surface area contributed by atoms with Crippen LogP contribution in [0.1, 0.15) is 25.3 Å². The van der Waals surface area contributed by atoms with E-state index in [9.17, 15) is 29.4 Å². The first kappa shape index (κ1) is 19.7. The zero-order valence-electron chi connectivity index (χ0n) is 14.4. The predicted octanol–water partition coefficient (Wildman–Crippen LogP) is 1.25. The summed E-state index contributed by atoms with van der Waals surface area (Å²) < 4.78 is -0.253. The fourth-order valence-electron chi connectivity index (χ4n) is 3.48. The third-order valence-electron chi connectivity index (χ3n) is 4.70. The number of halogens is 1. The molecule has 0 saturated carbocycles. The molecule has 10 heteroatoms. The van der Waals surface area contributed by atoms with Crippen LogP contribution in [-0.2, 0) is 19.2 Å². The van der Waals surface area contributed by atoms with Crippen molar-refractivity contribution in [1.29, 1.82) is 0 Å². The largest absolute Gasteiger partial charge is 0.480 e. The minimum Gasteiger partial charge on any atom is -0.480 e. The van der Waals surface area contributed by atoms with Crippen molar-refractivity contribution in [2.45, 2.75) is 42.0 Å². The van der Waals surface area contributed by atoms with Crippen molar-refractivity contribution in [3.05, 3.63) is 34.3 Å². The van der Waals surface area contributed by atoms with Crippen LogP contribution in [0, 0.1) is 0 Å². The minimum absolute atomic E-state index is 0.272. The molecule has 3 rings (SSSR count). The first-order valence-corrected chi connectivity index (χ1v) is 9.74. The molecular weight excluding hydrogens is 440 g/mol. The molecule has 8 nitrogen and oxygen atoms in total. The number of β-lactam (4-membered cyclic amide) rings is 1. The highest BCUT2D eigenvalue weighted by Crippen LogP contribution is 2.50. The van der Waals surface area contributed by atoms with Gasteiger partial charge in [0.05, 0.1) is 0 Å². The molecule has 2 aliphatic rings. The molecule has 0 spiro atoms. The second-order valence-corrected chi connectivity index (χ2v) is 9.50. The van der Waals surface area contributed by atoms with Crippen LogP contribution in [0.25, 0.3) is 0 Å². The van der Waals surface area contributed by atoms with E-state index in [1.807, 2.05) is 0 Å². The maximum absolute atomic E-state index is 12.6. The summed E-state index contributed by atoms with van der Waals surface area (Å²) in [5.74, 6) is -5.27. The number of carbonyl (C=O) groups excluding carboxylic acids is 2. The SMILES string of the molecule is CC1(C)S[C@H]2[C@H](NC(=O)C(C(=O)O)c3ccccc3Br)C(=O)N2[C@@H]1C(=O)O. The number of nitrogens with one attached hydrogen (secondary N) is 1. The fourth-order valence-corrected chi connectivity index (χ4v) is 5.62. The highest BCUT2D eigenvalue weighted by atomic mass is 79.9. The van der Waals surface area contributed by atoms with E-state index in [4.69, 9.17) is 0 Å². The molecule has 0 radical (unpaired) electrons. The molecule has 2 amide bonds. The van der Waals surface area contributed by atoms with Gasteiger partial charge in [-0.1, -0.05) is 34.1 Å². The van der Waals surface area contributed by atoms with Crippen LogP contribution in [0.4, 0.5) is 0 Å². The van der Waals surface area contributed by atoms with Crippen molar-refractivity contribution in [1.82, 2.24) is 10.2 Å². The number of benzene rings is 1. The Morgan fingerprint density at radius 2 is 1.89 bits per heavy atom. The number of nitrogens with zero attached hydrogens (tertiary/aromatic N) is 1. The molecule has 1 aromatic carbocycles. The van der Waals surface area contributed by atoms with Gasteiger partial charge in [-0.2, -0.15) is 0 Å². The van der Waals surface area contributed by atoms with Gasteiger partial charge in [0.25, 0.3) is 0 Å². The van der Waals surface area contributed by atoms with Gasteiger partial charge in [-0.15, -0.1) is 11.8 Å². The van der Waals surface area contributed by atoms with Crippen molar-refractivity contribution in [3.63, 3.8) is 0 Å². The monoisotopic (exact) mass is 456 g/mol. The van der Waals surface area contributed by atoms with Crippen LogP contribution in [0.3, 0.4) is 0 Å². The summed E-state index contributed by atoms with van der Waals surface area (Å²) in [5, 5.41) is 20.9. The summed E-state index contributed by atoms with van der Waals surface area (Å²) in [5.41, 5.74) is 0.272. The Hall–Kier alpha value is -2.07. The van der Waals surface area contributed by atoms with E-state index in [1.54, 1.807) is 32.0 Å². The number of aliphatic carboxylic acids is 2. The van der Waals surface area contributed by atoms with E-state index in [-0.39, 0.29) is 5.56 Å². The second kappa shape index (κ2) is 6.83. The fraction of sp³-hybridized carbons (Fsp3) is 0.412. The van der Waals surface area contributed by atoms with Crippen LogP contribution < -0.4 is 5.32 Å². The van der Waals surface area contributed by atoms with Crippen molar-refractivity contribution in [2.75, 3.05) is 0 Å². The lowest BCUT2D eigenvalue weighted by atomic mass is 9.94. The van der Waals surface area contributed by atoms with Crippen molar-refractivity contribution in [3.8, 4) is 0 Å². The van der Waals surface area contributed by atoms with Gasteiger partial charge < -0.3 is 20.4 Å². The molecule has 1 aromatic rings. The molecule has 0 aliphatic carbocycles. The summed E-state index contributed by atoms with van der Waals surface area (Å²) in [7, 11) is 0. The maximum atomic E-state index is 12.6. The quantitative estimate of drug-likeness (QED) is 0.449. The lowest BCUT2D eigenvalue weighted by Gasteiger charge is -2.43. The topological polar surface area (TPSA) is 124 Å². The van der Waals surface area contributed by atoms with Crippen LogP contribution in [0.2, 0.25) is 0 Å². The van der Waals surface area contributed by atoms with Gasteiger partial charge in [0.1, 0.15) is 17.5 Å². The summed E-state index contributed by atoms with van der Waals surface area (Å²) >= 11 is 4.52. The molecule has 2 heterocycles. The van der Waals surface area contributed by atoms with E-state index in [0.717, 1.165) is 0 Å². The van der Waals surface area contributed by atoms with Crippen LogP contribution in [-0.4, -0.2) is 61.1 Å². The number of fused-ring (bicyclic) bond motifs is 1. The third kappa shape index (κ3) is 3.20. The van der Waals surface area contributed by atoms with E-state index in [1.165, 1.54) is 22.7 Å². The molecule has 3 N–H and O–H groups in total. The molecule has 2 fully saturated rings. The zero-order valence-corrected chi connectivity index (χ0v) is 16.8. The molecule has 144 valence electrons. The van der Waals surface area contributed by atoms with Gasteiger partial charge in [-0.3, -0.25) is 14.4 Å². The molecule has 2 saturated heterocycles. The molecule has 27 heavy (non-hydrogen) atoms. The van der Waals surface area contributed by atoms with Crippen molar-refractivity contribution in [2.24, 2.45) is 0 Å². The lowest BCUT2D eigenvalue weighted by molar-refractivity contribution is -0.161. The lowest BCUT2D eigenvalue weighted by Crippen LogP contribution is -2.71. The molecular formula is C17H17BrN2O6S. The van der Waals surface area contributed by atoms with Gasteiger partial charge in [0.2, 0.25) is 11.8 Å². The Labute approximate surface area is 167 Å². The average Bonchev–Trinajstić information content (AvgIpc) is 2.82. The number of carbonyl (C=O) groups is 4. The van der Waals surface area contributed by atoms with Crippen LogP contribution in [0.15, 0.2) is 28.7 Å². The summed E-state index contributed by atoms with van der Waals surface area (Å²) in [4.78, 5) is 49.5. The normalized spacial score (nSPS) is 26.7. The van der Waals surface area contributed by atoms with Crippen molar-refractivity contribution >= 4 is 51.4 Å². The van der Waals surface area contributed by atoms with Gasteiger partial charge in [-0.25, -0.2) is 4.79 Å². The predicted molar refractivity (Wildman–Crippen MR) is 100 cm³/mol. The Morgan fingerprint density at radius 1 is 1.26 bits per heavy atom. The molecule has 0 bridgehead atoms. The number of amides is 2. The van der Waals surface area contributed by atoms with Crippen LogP contribution >= 0.6 is 27.7 Å². The smallest absolute Gasteiger partial charge is 0.327 e. The number of carboxylic acids is 2. The number of carboxylic acid groups (broad SMARTS) is 2. The average molecular weight is 457 g/mol. The molecule has 4 atom stereocenters. The number of hydrogen-bond acceptors (Lipinski definition) is 5. The number of rotatable bonds is 5. The van der Waals surface area contributed by atoms with Gasteiger partial charge in [0, 0.05) is 9.22 Å². The Kier molecular flexibility index (Phi) is 4.98. The van der Waals surface area contributed by atoms with E-state index in [0.29, 0.717) is 4.47 Å². The van der Waals surface area contributed by atoms with E-state index < -0.39 is 51.9 Å². The van der Waals surface area contributed by atoms with Gasteiger partial charge in [-0.05, 0) is 25.5 Å². The number of hydrogen-bond donors (Lipinski definition) is 3. The number of thioether (sulfide) groups is 1. The van der Waals surface area contributed by atoms with Crippen molar-refractivity contribution < 1.29 is 29.4 Å². The molecule has 1 unspecified atom stereocenters. The standard InChI is InChI=1S/C17H17BrN2O6S/c1-17(2)11(16(25)26)20-13(22)10(14(20)27-17)19-12(21)9(15(23)24)7-5-3-4-6-8(7)18/h3-6,9-11,14H,1-2H3,(H,19,21)(H,23,24)(H,25,26)/t9?,10-,11-,14+/m1/s1. The second-order valence-electron chi connectivity index (χ2n) is 6.88. The summed E-state index contributed by atoms with van der Waals surface area (Å²) in [6.07, 6.45) is 0.